The van der Waals surface area contributed by atoms with Gasteiger partial charge in [0.25, 0.3) is 0 Å². The van der Waals surface area contributed by atoms with E-state index in [0.717, 1.165) is 19.5 Å². The van der Waals surface area contributed by atoms with Crippen molar-refractivity contribution in [3.05, 3.63) is 11.7 Å². The molecule has 1 aromatic heterocycles. The van der Waals surface area contributed by atoms with E-state index in [0.29, 0.717) is 18.2 Å². The Kier molecular flexibility index (Phi) is 2.68. The van der Waals surface area contributed by atoms with Crippen LogP contribution in [0.25, 0.3) is 0 Å². The van der Waals surface area contributed by atoms with Gasteiger partial charge in [-0.1, -0.05) is 5.16 Å². The van der Waals surface area contributed by atoms with Gasteiger partial charge in [-0.05, 0) is 25.9 Å². The fourth-order valence-corrected chi connectivity index (χ4v) is 1.87. The molecule has 6 nitrogen and oxygen atoms in total. The van der Waals surface area contributed by atoms with Crippen LogP contribution in [-0.2, 0) is 6.42 Å². The summed E-state index contributed by atoms with van der Waals surface area (Å²) in [7, 11) is 2.07. The van der Waals surface area contributed by atoms with E-state index in [9.17, 15) is 4.79 Å². The summed E-state index contributed by atoms with van der Waals surface area (Å²) in [5, 5.41) is 12.2. The highest BCUT2D eigenvalue weighted by Crippen LogP contribution is 2.17. The summed E-state index contributed by atoms with van der Waals surface area (Å²) < 4.78 is 4.59. The highest BCUT2D eigenvalue weighted by Gasteiger charge is 2.22. The zero-order chi connectivity index (χ0) is 10.8. The third-order valence-electron chi connectivity index (χ3n) is 2.61. The van der Waals surface area contributed by atoms with E-state index in [1.165, 1.54) is 0 Å². The molecule has 0 aliphatic carbocycles. The molecule has 15 heavy (non-hydrogen) atoms. The van der Waals surface area contributed by atoms with Gasteiger partial charge in [0.2, 0.25) is 0 Å². The van der Waals surface area contributed by atoms with Crippen LogP contribution in [-0.4, -0.2) is 46.3 Å². The molecule has 1 aromatic rings. The Balaban J connectivity index is 1.96. The van der Waals surface area contributed by atoms with E-state index in [4.69, 9.17) is 5.11 Å². The third-order valence-corrected chi connectivity index (χ3v) is 2.61. The van der Waals surface area contributed by atoms with Crippen molar-refractivity contribution in [3.8, 4) is 0 Å². The van der Waals surface area contributed by atoms with Gasteiger partial charge in [0.05, 0.1) is 0 Å². The van der Waals surface area contributed by atoms with E-state index < -0.39 is 5.97 Å². The molecule has 0 spiro atoms. The van der Waals surface area contributed by atoms with Crippen molar-refractivity contribution in [2.75, 3.05) is 20.1 Å². The number of aromatic nitrogens is 2. The molecular formula is C9H13N3O3. The van der Waals surface area contributed by atoms with Gasteiger partial charge in [0.1, 0.15) is 0 Å². The summed E-state index contributed by atoms with van der Waals surface area (Å²) in [6.45, 7) is 2.09. The number of aromatic carboxylic acids is 1. The van der Waals surface area contributed by atoms with E-state index >= 15 is 0 Å². The fraction of sp³-hybridized carbons (Fsp3) is 0.667. The van der Waals surface area contributed by atoms with Crippen LogP contribution in [0.1, 0.15) is 22.9 Å². The molecule has 0 amide bonds. The van der Waals surface area contributed by atoms with Crippen molar-refractivity contribution in [1.29, 1.82) is 0 Å². The zero-order valence-corrected chi connectivity index (χ0v) is 8.51. The van der Waals surface area contributed by atoms with Crippen molar-refractivity contribution in [3.63, 3.8) is 0 Å². The van der Waals surface area contributed by atoms with Gasteiger partial charge in [-0.15, -0.1) is 0 Å². The second-order valence-electron chi connectivity index (χ2n) is 3.94. The second-order valence-corrected chi connectivity index (χ2v) is 3.94. The minimum Gasteiger partial charge on any atom is -0.474 e. The lowest BCUT2D eigenvalue weighted by Crippen LogP contribution is -2.15. The molecule has 2 rings (SSSR count). The molecule has 1 atom stereocenters. The predicted octanol–water partition coefficient (Wildman–Crippen LogP) is 0.262. The number of carboxylic acids is 1. The molecule has 1 aliphatic rings. The summed E-state index contributed by atoms with van der Waals surface area (Å²) in [6, 6.07) is 0. The maximum atomic E-state index is 10.5. The van der Waals surface area contributed by atoms with E-state index in [1.807, 2.05) is 0 Å². The Morgan fingerprint density at radius 2 is 2.53 bits per heavy atom. The molecule has 1 fully saturated rings. The first-order chi connectivity index (χ1) is 7.15. The molecule has 0 saturated carbocycles. The van der Waals surface area contributed by atoms with Crippen molar-refractivity contribution >= 4 is 5.97 Å². The van der Waals surface area contributed by atoms with Crippen molar-refractivity contribution in [2.24, 2.45) is 5.92 Å². The molecule has 82 valence electrons. The SMILES string of the molecule is CN1CCC(Cc2noc(C(=O)O)n2)C1. The number of rotatable bonds is 3. The molecule has 1 saturated heterocycles. The minimum absolute atomic E-state index is 0.323. The van der Waals surface area contributed by atoms with Gasteiger partial charge >= 0.3 is 11.9 Å². The lowest BCUT2D eigenvalue weighted by atomic mass is 10.1. The van der Waals surface area contributed by atoms with Gasteiger partial charge in [0, 0.05) is 13.0 Å². The number of hydrogen-bond acceptors (Lipinski definition) is 5. The average molecular weight is 211 g/mol. The maximum Gasteiger partial charge on any atom is 0.394 e. The van der Waals surface area contributed by atoms with Gasteiger partial charge < -0.3 is 14.5 Å². The van der Waals surface area contributed by atoms with Crippen LogP contribution in [0.3, 0.4) is 0 Å². The lowest BCUT2D eigenvalue weighted by Gasteiger charge is -2.06. The van der Waals surface area contributed by atoms with Crippen LogP contribution in [0, 0.1) is 5.92 Å². The number of carbonyl (C=O) groups is 1. The van der Waals surface area contributed by atoms with Crippen LogP contribution in [0.2, 0.25) is 0 Å². The van der Waals surface area contributed by atoms with Gasteiger partial charge in [-0.2, -0.15) is 4.98 Å². The Morgan fingerprint density at radius 3 is 3.07 bits per heavy atom. The molecule has 0 radical (unpaired) electrons. The van der Waals surface area contributed by atoms with Crippen LogP contribution in [0.5, 0.6) is 0 Å². The van der Waals surface area contributed by atoms with Gasteiger partial charge in [-0.3, -0.25) is 0 Å². The Labute approximate surface area is 86.9 Å². The molecule has 0 aromatic carbocycles. The first-order valence-corrected chi connectivity index (χ1v) is 4.89. The topological polar surface area (TPSA) is 79.5 Å². The van der Waals surface area contributed by atoms with E-state index in [-0.39, 0.29) is 5.89 Å². The minimum atomic E-state index is -1.17. The molecule has 6 heteroatoms. The van der Waals surface area contributed by atoms with Crippen LogP contribution >= 0.6 is 0 Å². The monoisotopic (exact) mass is 211 g/mol. The summed E-state index contributed by atoms with van der Waals surface area (Å²) in [4.78, 5) is 16.5. The molecule has 1 unspecified atom stereocenters. The second kappa shape index (κ2) is 3.98. The van der Waals surface area contributed by atoms with Crippen LogP contribution < -0.4 is 0 Å². The molecule has 2 heterocycles. The summed E-state index contributed by atoms with van der Waals surface area (Å²) in [5.41, 5.74) is 0. The smallest absolute Gasteiger partial charge is 0.394 e. The van der Waals surface area contributed by atoms with E-state index in [1.54, 1.807) is 0 Å². The normalized spacial score (nSPS) is 22.1. The molecule has 1 N–H and O–H groups in total. The van der Waals surface area contributed by atoms with Crippen molar-refractivity contribution in [2.45, 2.75) is 12.8 Å². The van der Waals surface area contributed by atoms with Gasteiger partial charge in [0.15, 0.2) is 5.82 Å². The average Bonchev–Trinajstić information content (AvgIpc) is 2.76. The van der Waals surface area contributed by atoms with Crippen LogP contribution in [0.15, 0.2) is 4.52 Å². The largest absolute Gasteiger partial charge is 0.474 e. The van der Waals surface area contributed by atoms with Gasteiger partial charge in [-0.25, -0.2) is 4.79 Å². The first kappa shape index (κ1) is 10.1. The fourth-order valence-electron chi connectivity index (χ4n) is 1.87. The lowest BCUT2D eigenvalue weighted by molar-refractivity contribution is 0.0643. The number of likely N-dealkylation sites (tertiary alicyclic amines) is 1. The first-order valence-electron chi connectivity index (χ1n) is 4.89. The molecule has 1 aliphatic heterocycles. The van der Waals surface area contributed by atoms with Crippen LogP contribution in [0.4, 0.5) is 0 Å². The zero-order valence-electron chi connectivity index (χ0n) is 8.51. The Bertz CT molecular complexity index is 363. The summed E-state index contributed by atoms with van der Waals surface area (Å²) in [5.74, 6) is -0.490. The highest BCUT2D eigenvalue weighted by molar-refractivity contribution is 5.81. The quantitative estimate of drug-likeness (QED) is 0.772. The summed E-state index contributed by atoms with van der Waals surface area (Å²) >= 11 is 0. The third kappa shape index (κ3) is 2.33. The Hall–Kier alpha value is -1.43. The van der Waals surface area contributed by atoms with Crippen molar-refractivity contribution in [1.82, 2.24) is 15.0 Å². The standard InChI is InChI=1S/C9H13N3O3/c1-12-3-2-6(5-12)4-7-10-8(9(13)14)15-11-7/h6H,2-5H2,1H3,(H,13,14). The predicted molar refractivity (Wildman–Crippen MR) is 50.6 cm³/mol. The Morgan fingerprint density at radius 1 is 1.73 bits per heavy atom. The number of nitrogens with zero attached hydrogens (tertiary/aromatic N) is 3. The number of carboxylic acid groups (broad SMARTS) is 1. The summed E-state index contributed by atoms with van der Waals surface area (Å²) in [6.07, 6.45) is 1.80. The highest BCUT2D eigenvalue weighted by atomic mass is 16.5. The molecular weight excluding hydrogens is 198 g/mol. The maximum absolute atomic E-state index is 10.5. The number of hydrogen-bond donors (Lipinski definition) is 1. The van der Waals surface area contributed by atoms with E-state index in [2.05, 4.69) is 26.6 Å². The molecule has 0 bridgehead atoms. The van der Waals surface area contributed by atoms with Crippen molar-refractivity contribution < 1.29 is 14.4 Å².